The number of rotatable bonds is 32. The van der Waals surface area contributed by atoms with Gasteiger partial charge in [-0.1, -0.05) is 115 Å². The summed E-state index contributed by atoms with van der Waals surface area (Å²) < 4.78 is 33.0. The summed E-state index contributed by atoms with van der Waals surface area (Å²) in [6.07, 6.45) is 30.8. The molecule has 0 fully saturated rings. The van der Waals surface area contributed by atoms with Crippen LogP contribution in [0.3, 0.4) is 0 Å². The van der Waals surface area contributed by atoms with Crippen LogP contribution < -0.4 is 5.73 Å². The van der Waals surface area contributed by atoms with Crippen molar-refractivity contribution in [2.24, 2.45) is 5.73 Å². The lowest BCUT2D eigenvalue weighted by atomic mass is 10.1. The number of ether oxygens (including phenoxy) is 2. The Hall–Kier alpha value is -1.02. The summed E-state index contributed by atoms with van der Waals surface area (Å²) in [6.45, 7) is 4.78. The van der Waals surface area contributed by atoms with Gasteiger partial charge in [-0.3, -0.25) is 13.8 Å². The van der Waals surface area contributed by atoms with E-state index in [0.717, 1.165) is 51.4 Å². The number of carbonyl (C=O) groups is 1. The Bertz CT molecular complexity index is 702. The van der Waals surface area contributed by atoms with Crippen LogP contribution in [-0.4, -0.2) is 49.9 Å². The van der Waals surface area contributed by atoms with Crippen molar-refractivity contribution >= 4 is 13.8 Å². The minimum atomic E-state index is -4.25. The Kier molecular flexibility index (Phi) is 30.6. The van der Waals surface area contributed by atoms with Crippen LogP contribution in [0.15, 0.2) is 24.3 Å². The van der Waals surface area contributed by atoms with Gasteiger partial charge in [-0.25, -0.2) is 4.57 Å². The van der Waals surface area contributed by atoms with E-state index in [-0.39, 0.29) is 32.3 Å². The molecule has 0 spiro atoms. The van der Waals surface area contributed by atoms with E-state index in [9.17, 15) is 14.3 Å². The Morgan fingerprint density at radius 3 is 1.90 bits per heavy atom. The summed E-state index contributed by atoms with van der Waals surface area (Å²) in [6, 6.07) is 0. The molecule has 0 heterocycles. The van der Waals surface area contributed by atoms with Crippen molar-refractivity contribution in [2.75, 3.05) is 33.0 Å². The van der Waals surface area contributed by atoms with Crippen LogP contribution in [0, 0.1) is 0 Å². The number of hydrogen-bond acceptors (Lipinski definition) is 7. The van der Waals surface area contributed by atoms with Crippen molar-refractivity contribution in [3.05, 3.63) is 24.3 Å². The van der Waals surface area contributed by atoms with Crippen molar-refractivity contribution in [1.82, 2.24) is 0 Å². The molecule has 0 radical (unpaired) electrons. The summed E-state index contributed by atoms with van der Waals surface area (Å²) in [4.78, 5) is 22.0. The monoisotopic (exact) mass is 617 g/mol. The maximum atomic E-state index is 12.3. The molecular weight excluding hydrogens is 553 g/mol. The molecule has 9 heteroatoms. The molecule has 0 aliphatic carbocycles. The number of nitrogens with two attached hydrogens (primary N) is 1. The summed E-state index contributed by atoms with van der Waals surface area (Å²) >= 11 is 0. The molecule has 0 aromatic rings. The largest absolute Gasteiger partial charge is 0.472 e. The van der Waals surface area contributed by atoms with Crippen molar-refractivity contribution in [1.29, 1.82) is 0 Å². The molecule has 0 aromatic carbocycles. The van der Waals surface area contributed by atoms with Gasteiger partial charge in [0, 0.05) is 19.6 Å². The van der Waals surface area contributed by atoms with Gasteiger partial charge in [-0.05, 0) is 44.9 Å². The van der Waals surface area contributed by atoms with E-state index in [1.165, 1.54) is 70.6 Å². The quantitative estimate of drug-likeness (QED) is 0.0332. The van der Waals surface area contributed by atoms with Gasteiger partial charge >= 0.3 is 13.8 Å². The summed E-state index contributed by atoms with van der Waals surface area (Å²) in [5.41, 5.74) is 5.32. The number of esters is 1. The second kappa shape index (κ2) is 31.4. The summed E-state index contributed by atoms with van der Waals surface area (Å²) in [7, 11) is -4.25. The van der Waals surface area contributed by atoms with Gasteiger partial charge in [0.25, 0.3) is 0 Å². The molecule has 0 aliphatic heterocycles. The first kappa shape index (κ1) is 41.0. The zero-order chi connectivity index (χ0) is 31.0. The highest BCUT2D eigenvalue weighted by molar-refractivity contribution is 7.47. The maximum absolute atomic E-state index is 12.3. The summed E-state index contributed by atoms with van der Waals surface area (Å²) in [5.74, 6) is -0.347. The van der Waals surface area contributed by atoms with Crippen LogP contribution in [-0.2, 0) is 27.9 Å². The average Bonchev–Trinajstić information content (AvgIpc) is 2.97. The van der Waals surface area contributed by atoms with E-state index >= 15 is 0 Å². The van der Waals surface area contributed by atoms with Gasteiger partial charge in [-0.2, -0.15) is 0 Å². The van der Waals surface area contributed by atoms with Gasteiger partial charge in [0.1, 0.15) is 6.10 Å². The molecule has 8 nitrogen and oxygen atoms in total. The van der Waals surface area contributed by atoms with Gasteiger partial charge in [0.2, 0.25) is 0 Å². The van der Waals surface area contributed by atoms with E-state index in [4.69, 9.17) is 24.3 Å². The van der Waals surface area contributed by atoms with Gasteiger partial charge in [0.15, 0.2) is 0 Å². The molecule has 0 bridgehead atoms. The van der Waals surface area contributed by atoms with Gasteiger partial charge in [0.05, 0.1) is 19.8 Å². The lowest BCUT2D eigenvalue weighted by Gasteiger charge is -2.20. The second-order valence-corrected chi connectivity index (χ2v) is 12.5. The highest BCUT2D eigenvalue weighted by Gasteiger charge is 2.25. The second-order valence-electron chi connectivity index (χ2n) is 11.0. The highest BCUT2D eigenvalue weighted by atomic mass is 31.2. The lowest BCUT2D eigenvalue weighted by molar-refractivity contribution is -0.154. The molecule has 0 aromatic heterocycles. The predicted octanol–water partition coefficient (Wildman–Crippen LogP) is 8.96. The molecule has 0 rings (SSSR count). The maximum Gasteiger partial charge on any atom is 0.472 e. The number of allylic oxidation sites excluding steroid dienone is 4. The molecule has 42 heavy (non-hydrogen) atoms. The number of hydrogen-bond donors (Lipinski definition) is 2. The molecule has 0 saturated carbocycles. The third kappa shape index (κ3) is 30.4. The van der Waals surface area contributed by atoms with Crippen LogP contribution >= 0.6 is 7.82 Å². The Balaban J connectivity index is 3.96. The number of phosphoric acid groups is 1. The smallest absolute Gasteiger partial charge is 0.457 e. The normalized spacial score (nSPS) is 14.1. The van der Waals surface area contributed by atoms with Crippen LogP contribution in [0.2, 0.25) is 0 Å². The molecule has 248 valence electrons. The molecule has 0 saturated heterocycles. The summed E-state index contributed by atoms with van der Waals surface area (Å²) in [5, 5.41) is 0. The first-order valence-corrected chi connectivity index (χ1v) is 18.3. The lowest BCUT2D eigenvalue weighted by Crippen LogP contribution is -2.28. The van der Waals surface area contributed by atoms with E-state index in [0.29, 0.717) is 13.0 Å². The minimum absolute atomic E-state index is 0.0960. The van der Waals surface area contributed by atoms with E-state index in [1.54, 1.807) is 0 Å². The topological polar surface area (TPSA) is 117 Å². The van der Waals surface area contributed by atoms with Crippen LogP contribution in [0.5, 0.6) is 0 Å². The highest BCUT2D eigenvalue weighted by Crippen LogP contribution is 2.43. The standard InChI is InChI=1S/C33H64NO7P/c1-3-5-7-9-10-11-12-13-14-15-16-17-18-19-20-21-23-25-28-38-30-32(31-40-42(36,37)39-29-27-34)41-33(35)26-24-22-8-6-4-2/h10-11,13-14,32H,3-9,12,15-31,34H2,1-2H3,(H,36,37)/b11-10-,14-13-. The third-order valence-electron chi connectivity index (χ3n) is 6.87. The van der Waals surface area contributed by atoms with Crippen LogP contribution in [0.4, 0.5) is 0 Å². The fourth-order valence-electron chi connectivity index (χ4n) is 4.38. The van der Waals surface area contributed by atoms with Gasteiger partial charge in [-0.15, -0.1) is 0 Å². The SMILES string of the molecule is CCCCC/C=C\C/C=C\CCCCCCCCCCOCC(COP(=O)(O)OCCN)OC(=O)CCCCCCC. The number of carbonyl (C=O) groups excluding carboxylic acids is 1. The van der Waals surface area contributed by atoms with Crippen LogP contribution in [0.25, 0.3) is 0 Å². The number of unbranched alkanes of at least 4 members (excludes halogenated alkanes) is 15. The molecule has 3 N–H and O–H groups in total. The third-order valence-corrected chi connectivity index (χ3v) is 7.86. The molecule has 0 aliphatic rings. The fourth-order valence-corrected chi connectivity index (χ4v) is 5.14. The Labute approximate surface area is 257 Å². The van der Waals surface area contributed by atoms with Crippen molar-refractivity contribution < 1.29 is 32.8 Å². The van der Waals surface area contributed by atoms with Crippen molar-refractivity contribution in [2.45, 2.75) is 148 Å². The van der Waals surface area contributed by atoms with Crippen molar-refractivity contribution in [3.63, 3.8) is 0 Å². The zero-order valence-electron chi connectivity index (χ0n) is 27.0. The van der Waals surface area contributed by atoms with Crippen molar-refractivity contribution in [3.8, 4) is 0 Å². The molecule has 0 amide bonds. The van der Waals surface area contributed by atoms with Gasteiger partial charge < -0.3 is 20.1 Å². The molecular formula is C33H64NO7P. The minimum Gasteiger partial charge on any atom is -0.457 e. The van der Waals surface area contributed by atoms with E-state index in [2.05, 4.69) is 38.2 Å². The first-order chi connectivity index (χ1) is 20.4. The Morgan fingerprint density at radius 1 is 0.714 bits per heavy atom. The van der Waals surface area contributed by atoms with Crippen LogP contribution in [0.1, 0.15) is 142 Å². The van der Waals surface area contributed by atoms with E-state index in [1.807, 2.05) is 0 Å². The fraction of sp³-hybridized carbons (Fsp3) is 0.848. The zero-order valence-corrected chi connectivity index (χ0v) is 27.9. The van der Waals surface area contributed by atoms with E-state index < -0.39 is 13.9 Å². The number of phosphoric ester groups is 1. The average molecular weight is 618 g/mol. The molecule has 2 atom stereocenters. The Morgan fingerprint density at radius 2 is 1.26 bits per heavy atom. The first-order valence-electron chi connectivity index (χ1n) is 16.8. The predicted molar refractivity (Wildman–Crippen MR) is 173 cm³/mol. The molecule has 2 unspecified atom stereocenters.